The maximum Gasteiger partial charge on any atom is 0.263 e. The zero-order valence-corrected chi connectivity index (χ0v) is 13.3. The molecule has 6 heteroatoms. The Morgan fingerprint density at radius 2 is 1.71 bits per heavy atom. The second kappa shape index (κ2) is 9.82. The number of amides is 1. The summed E-state index contributed by atoms with van der Waals surface area (Å²) in [6, 6.07) is 0. The van der Waals surface area contributed by atoms with Gasteiger partial charge in [-0.15, -0.1) is 0 Å². The van der Waals surface area contributed by atoms with Gasteiger partial charge < -0.3 is 11.1 Å². The lowest BCUT2D eigenvalue weighted by Gasteiger charge is -2.25. The van der Waals surface area contributed by atoms with E-state index in [1.54, 1.807) is 0 Å². The van der Waals surface area contributed by atoms with Crippen molar-refractivity contribution in [3.8, 4) is 0 Å². The van der Waals surface area contributed by atoms with Gasteiger partial charge >= 0.3 is 0 Å². The molecule has 0 aromatic heterocycles. The summed E-state index contributed by atoms with van der Waals surface area (Å²) < 4.78 is 25.6. The third kappa shape index (κ3) is 6.50. The fourth-order valence-corrected chi connectivity index (χ4v) is 2.28. The molecule has 21 heavy (non-hydrogen) atoms. The topological polar surface area (TPSA) is 72.2 Å². The summed E-state index contributed by atoms with van der Waals surface area (Å²) in [7, 11) is 0. The van der Waals surface area contributed by atoms with E-state index >= 15 is 0 Å². The van der Waals surface area contributed by atoms with Gasteiger partial charge in [-0.1, -0.05) is 26.7 Å². The zero-order valence-electron chi connectivity index (χ0n) is 13.3. The molecule has 4 nitrogen and oxygen atoms in total. The summed E-state index contributed by atoms with van der Waals surface area (Å²) in [6.07, 6.45) is 0.748. The predicted octanol–water partition coefficient (Wildman–Crippen LogP) is 2.65. The summed E-state index contributed by atoms with van der Waals surface area (Å²) in [5.41, 5.74) is 3.34. The average Bonchev–Trinajstić information content (AvgIpc) is 2.42. The van der Waals surface area contributed by atoms with Gasteiger partial charge in [0.05, 0.1) is 0 Å². The number of alkyl halides is 2. The highest BCUT2D eigenvalue weighted by Gasteiger charge is 2.40. The predicted molar refractivity (Wildman–Crippen MR) is 79.2 cm³/mol. The van der Waals surface area contributed by atoms with Crippen LogP contribution in [0, 0.1) is 5.92 Å². The fourth-order valence-electron chi connectivity index (χ4n) is 2.28. The van der Waals surface area contributed by atoms with E-state index in [9.17, 15) is 18.4 Å². The maximum absolute atomic E-state index is 12.8. The Bertz CT molecular complexity index is 332. The van der Waals surface area contributed by atoms with Crippen LogP contribution in [0.1, 0.15) is 59.3 Å². The van der Waals surface area contributed by atoms with E-state index in [4.69, 9.17) is 5.73 Å². The number of carbonyl (C=O) groups excluding carboxylic acids is 2. The lowest BCUT2D eigenvalue weighted by molar-refractivity contribution is -0.128. The number of Topliss-reactive ketones (excluding diaryl/α,β-unsaturated/α-hetero) is 1. The number of nitrogens with one attached hydrogen (secondary N) is 1. The highest BCUT2D eigenvalue weighted by Crippen LogP contribution is 2.20. The molecular weight excluding hydrogens is 278 g/mol. The first-order valence-corrected chi connectivity index (χ1v) is 7.65. The Labute approximate surface area is 125 Å². The fraction of sp³-hybridized carbons (Fsp3) is 0.867. The minimum Gasteiger partial charge on any atom is -0.356 e. The summed E-state index contributed by atoms with van der Waals surface area (Å²) in [6.45, 7) is 5.38. The van der Waals surface area contributed by atoms with Crippen molar-refractivity contribution in [2.75, 3.05) is 6.54 Å². The summed E-state index contributed by atoms with van der Waals surface area (Å²) in [5, 5.41) is 2.75. The molecule has 0 fully saturated rings. The number of hydrogen-bond acceptors (Lipinski definition) is 3. The SMILES string of the molecule is CCCC(CCC)C(=O)NCCCC(N)(C(C)=O)C(F)F. The molecular formula is C15H28F2N2O2. The van der Waals surface area contributed by atoms with Crippen LogP contribution in [-0.2, 0) is 9.59 Å². The van der Waals surface area contributed by atoms with Crippen molar-refractivity contribution >= 4 is 11.7 Å². The Kier molecular flexibility index (Phi) is 9.33. The number of nitrogens with two attached hydrogens (primary N) is 1. The third-order valence-corrected chi connectivity index (χ3v) is 3.76. The first-order chi connectivity index (χ1) is 9.79. The first-order valence-electron chi connectivity index (χ1n) is 7.65. The van der Waals surface area contributed by atoms with Crippen LogP contribution in [-0.4, -0.2) is 30.2 Å². The average molecular weight is 306 g/mol. The van der Waals surface area contributed by atoms with Crippen LogP contribution < -0.4 is 11.1 Å². The Balaban J connectivity index is 4.24. The second-order valence-electron chi connectivity index (χ2n) is 5.57. The van der Waals surface area contributed by atoms with E-state index in [0.717, 1.165) is 32.6 Å². The molecule has 0 saturated heterocycles. The van der Waals surface area contributed by atoms with Crippen LogP contribution in [0.15, 0.2) is 0 Å². The molecule has 3 N–H and O–H groups in total. The van der Waals surface area contributed by atoms with Crippen LogP contribution in [0.3, 0.4) is 0 Å². The van der Waals surface area contributed by atoms with Crippen LogP contribution in [0.5, 0.6) is 0 Å². The van der Waals surface area contributed by atoms with Gasteiger partial charge in [-0.25, -0.2) is 8.78 Å². The minimum absolute atomic E-state index is 0.0226. The van der Waals surface area contributed by atoms with E-state index in [0.29, 0.717) is 0 Å². The number of rotatable bonds is 11. The molecule has 0 aliphatic rings. The van der Waals surface area contributed by atoms with Crippen LogP contribution >= 0.6 is 0 Å². The summed E-state index contributed by atoms with van der Waals surface area (Å²) in [4.78, 5) is 23.2. The molecule has 0 aromatic carbocycles. The van der Waals surface area contributed by atoms with Crippen molar-refractivity contribution in [3.05, 3.63) is 0 Å². The van der Waals surface area contributed by atoms with Crippen molar-refractivity contribution in [1.82, 2.24) is 5.32 Å². The first kappa shape index (κ1) is 20.0. The Hall–Kier alpha value is -1.04. The van der Waals surface area contributed by atoms with Gasteiger partial charge in [-0.2, -0.15) is 0 Å². The van der Waals surface area contributed by atoms with E-state index in [1.165, 1.54) is 0 Å². The lowest BCUT2D eigenvalue weighted by Crippen LogP contribution is -2.53. The van der Waals surface area contributed by atoms with E-state index < -0.39 is 17.7 Å². The highest BCUT2D eigenvalue weighted by atomic mass is 19.3. The molecule has 0 spiro atoms. The maximum atomic E-state index is 12.8. The normalized spacial score (nSPS) is 14.3. The van der Waals surface area contributed by atoms with Crippen molar-refractivity contribution in [2.45, 2.75) is 71.3 Å². The highest BCUT2D eigenvalue weighted by molar-refractivity contribution is 5.86. The molecule has 0 saturated carbocycles. The zero-order chi connectivity index (χ0) is 16.5. The summed E-state index contributed by atoms with van der Waals surface area (Å²) in [5.74, 6) is -0.787. The molecule has 1 amide bonds. The van der Waals surface area contributed by atoms with Crippen molar-refractivity contribution in [2.24, 2.45) is 11.7 Å². The molecule has 0 aromatic rings. The molecule has 0 aliphatic heterocycles. The number of carbonyl (C=O) groups is 2. The van der Waals surface area contributed by atoms with Crippen molar-refractivity contribution in [1.29, 1.82) is 0 Å². The van der Waals surface area contributed by atoms with Crippen LogP contribution in [0.2, 0.25) is 0 Å². The second-order valence-corrected chi connectivity index (χ2v) is 5.57. The van der Waals surface area contributed by atoms with Gasteiger partial charge in [0.2, 0.25) is 5.91 Å². The van der Waals surface area contributed by atoms with Crippen molar-refractivity contribution in [3.63, 3.8) is 0 Å². The quantitative estimate of drug-likeness (QED) is 0.576. The van der Waals surface area contributed by atoms with Gasteiger partial charge in [0.25, 0.3) is 6.43 Å². The molecule has 1 atom stereocenters. The Morgan fingerprint density at radius 1 is 1.19 bits per heavy atom. The largest absolute Gasteiger partial charge is 0.356 e. The number of halogens is 2. The smallest absolute Gasteiger partial charge is 0.263 e. The molecule has 0 aliphatic carbocycles. The minimum atomic E-state index is -2.89. The number of ketones is 1. The summed E-state index contributed by atoms with van der Waals surface area (Å²) >= 11 is 0. The standard InChI is InChI=1S/C15H28F2N2O2/c1-4-7-12(8-5-2)13(21)19-10-6-9-15(18,11(3)20)14(16)17/h12,14H,4-10,18H2,1-3H3,(H,19,21). The Morgan fingerprint density at radius 3 is 2.10 bits per heavy atom. The van der Waals surface area contributed by atoms with Gasteiger partial charge in [-0.05, 0) is 32.6 Å². The lowest BCUT2D eigenvalue weighted by atomic mass is 9.91. The van der Waals surface area contributed by atoms with Gasteiger partial charge in [0.15, 0.2) is 5.78 Å². The van der Waals surface area contributed by atoms with Gasteiger partial charge in [0.1, 0.15) is 5.54 Å². The van der Waals surface area contributed by atoms with E-state index in [2.05, 4.69) is 5.32 Å². The van der Waals surface area contributed by atoms with Crippen LogP contribution in [0.25, 0.3) is 0 Å². The van der Waals surface area contributed by atoms with Crippen molar-refractivity contribution < 1.29 is 18.4 Å². The monoisotopic (exact) mass is 306 g/mol. The molecule has 1 unspecified atom stereocenters. The molecule has 0 heterocycles. The molecule has 124 valence electrons. The number of hydrogen-bond donors (Lipinski definition) is 2. The third-order valence-electron chi connectivity index (χ3n) is 3.76. The van der Waals surface area contributed by atoms with E-state index in [-0.39, 0.29) is 31.2 Å². The molecule has 0 bridgehead atoms. The van der Waals surface area contributed by atoms with Gasteiger partial charge in [0, 0.05) is 12.5 Å². The van der Waals surface area contributed by atoms with E-state index in [1.807, 2.05) is 13.8 Å². The molecule has 0 radical (unpaired) electrons. The van der Waals surface area contributed by atoms with Crippen LogP contribution in [0.4, 0.5) is 8.78 Å². The molecule has 0 rings (SSSR count). The van der Waals surface area contributed by atoms with Gasteiger partial charge in [-0.3, -0.25) is 9.59 Å².